The molecule has 0 aliphatic carbocycles. The zero-order valence-electron chi connectivity index (χ0n) is 8.00. The van der Waals surface area contributed by atoms with Gasteiger partial charge in [0.25, 0.3) is 0 Å². The Hall–Kier alpha value is -0.770. The van der Waals surface area contributed by atoms with Crippen molar-refractivity contribution in [3.05, 3.63) is 28.3 Å². The first-order chi connectivity index (χ1) is 6.60. The minimum atomic E-state index is -0.863. The van der Waals surface area contributed by atoms with E-state index in [1.54, 1.807) is 12.1 Å². The molecule has 0 saturated heterocycles. The monoisotopic (exact) mass is 215 g/mol. The summed E-state index contributed by atoms with van der Waals surface area (Å²) in [5.74, 6) is 0.0456. The highest BCUT2D eigenvalue weighted by atomic mass is 35.5. The van der Waals surface area contributed by atoms with Crippen LogP contribution in [0.5, 0.6) is 5.75 Å². The van der Waals surface area contributed by atoms with E-state index in [4.69, 9.17) is 17.3 Å². The van der Waals surface area contributed by atoms with Gasteiger partial charge < -0.3 is 15.9 Å². The predicted octanol–water partition coefficient (Wildman–Crippen LogP) is 1.60. The van der Waals surface area contributed by atoms with E-state index in [-0.39, 0.29) is 12.3 Å². The van der Waals surface area contributed by atoms with Gasteiger partial charge in [0, 0.05) is 17.1 Å². The summed E-state index contributed by atoms with van der Waals surface area (Å²) in [6.07, 6.45) is -0.121. The molecule has 1 atom stereocenters. The number of aliphatic hydroxyl groups is 1. The summed E-state index contributed by atoms with van der Waals surface area (Å²) in [6, 6.07) is 3.13. The molecule has 1 rings (SSSR count). The number of rotatable bonds is 3. The standard InChI is InChI=1S/C10H14ClNO2/c1-2-6-3-9(13)7(4-8(6)11)10(14)5-12/h3-4,10,13-14H,2,5,12H2,1H3. The van der Waals surface area contributed by atoms with Crippen molar-refractivity contribution in [1.82, 2.24) is 0 Å². The third-order valence-corrected chi connectivity index (χ3v) is 2.51. The van der Waals surface area contributed by atoms with Crippen LogP contribution in [0.15, 0.2) is 12.1 Å². The number of phenols is 1. The molecule has 0 radical (unpaired) electrons. The van der Waals surface area contributed by atoms with Crippen LogP contribution in [-0.2, 0) is 6.42 Å². The fourth-order valence-corrected chi connectivity index (χ4v) is 1.59. The number of aryl methyl sites for hydroxylation is 1. The van der Waals surface area contributed by atoms with Crippen molar-refractivity contribution < 1.29 is 10.2 Å². The highest BCUT2D eigenvalue weighted by Crippen LogP contribution is 2.30. The SMILES string of the molecule is CCc1cc(O)c(C(O)CN)cc1Cl. The maximum Gasteiger partial charge on any atom is 0.121 e. The van der Waals surface area contributed by atoms with Gasteiger partial charge in [-0.1, -0.05) is 18.5 Å². The number of nitrogens with two attached hydrogens (primary N) is 1. The van der Waals surface area contributed by atoms with E-state index in [0.717, 1.165) is 12.0 Å². The summed E-state index contributed by atoms with van der Waals surface area (Å²) >= 11 is 5.94. The lowest BCUT2D eigenvalue weighted by molar-refractivity contribution is 0.182. The van der Waals surface area contributed by atoms with Gasteiger partial charge in [-0.2, -0.15) is 0 Å². The topological polar surface area (TPSA) is 66.5 Å². The quantitative estimate of drug-likeness (QED) is 0.718. The van der Waals surface area contributed by atoms with Crippen LogP contribution in [-0.4, -0.2) is 16.8 Å². The lowest BCUT2D eigenvalue weighted by Gasteiger charge is -2.12. The van der Waals surface area contributed by atoms with Gasteiger partial charge in [0.15, 0.2) is 0 Å². The molecule has 14 heavy (non-hydrogen) atoms. The van der Waals surface area contributed by atoms with Gasteiger partial charge in [-0.25, -0.2) is 0 Å². The fraction of sp³-hybridized carbons (Fsp3) is 0.400. The van der Waals surface area contributed by atoms with Crippen LogP contribution in [0, 0.1) is 0 Å². The molecule has 0 aliphatic heterocycles. The molecule has 4 N–H and O–H groups in total. The molecule has 0 spiro atoms. The van der Waals surface area contributed by atoms with Gasteiger partial charge >= 0.3 is 0 Å². The van der Waals surface area contributed by atoms with Gasteiger partial charge in [0.05, 0.1) is 6.10 Å². The summed E-state index contributed by atoms with van der Waals surface area (Å²) in [5, 5.41) is 19.6. The second-order valence-corrected chi connectivity index (χ2v) is 3.51. The van der Waals surface area contributed by atoms with Crippen LogP contribution in [0.4, 0.5) is 0 Å². The molecule has 0 saturated carbocycles. The Kier molecular flexibility index (Phi) is 3.75. The molecular formula is C10H14ClNO2. The Bertz CT molecular complexity index is 328. The summed E-state index contributed by atoms with van der Waals surface area (Å²) in [5.41, 5.74) is 6.53. The maximum absolute atomic E-state index is 9.57. The molecule has 3 nitrogen and oxygen atoms in total. The number of phenolic OH excluding ortho intramolecular Hbond substituents is 1. The highest BCUT2D eigenvalue weighted by molar-refractivity contribution is 6.31. The number of halogens is 1. The molecule has 0 heterocycles. The lowest BCUT2D eigenvalue weighted by Crippen LogP contribution is -2.11. The van der Waals surface area contributed by atoms with E-state index in [1.807, 2.05) is 6.92 Å². The van der Waals surface area contributed by atoms with Crippen LogP contribution in [0.3, 0.4) is 0 Å². The van der Waals surface area contributed by atoms with Gasteiger partial charge in [-0.05, 0) is 24.1 Å². The van der Waals surface area contributed by atoms with Crippen LogP contribution >= 0.6 is 11.6 Å². The molecule has 0 aliphatic rings. The molecule has 1 unspecified atom stereocenters. The third-order valence-electron chi connectivity index (χ3n) is 2.16. The van der Waals surface area contributed by atoms with Gasteiger partial charge in [-0.15, -0.1) is 0 Å². The summed E-state index contributed by atoms with van der Waals surface area (Å²) < 4.78 is 0. The Balaban J connectivity index is 3.14. The second-order valence-electron chi connectivity index (χ2n) is 3.11. The predicted molar refractivity (Wildman–Crippen MR) is 56.5 cm³/mol. The van der Waals surface area contributed by atoms with Crippen molar-refractivity contribution in [3.63, 3.8) is 0 Å². The minimum absolute atomic E-state index is 0.0456. The molecule has 0 bridgehead atoms. The van der Waals surface area contributed by atoms with E-state index in [1.165, 1.54) is 0 Å². The van der Waals surface area contributed by atoms with Crippen molar-refractivity contribution in [2.24, 2.45) is 5.73 Å². The number of hydrogen-bond acceptors (Lipinski definition) is 3. The average Bonchev–Trinajstić information content (AvgIpc) is 2.19. The molecule has 0 aromatic heterocycles. The zero-order valence-corrected chi connectivity index (χ0v) is 8.75. The number of aliphatic hydroxyl groups excluding tert-OH is 1. The first-order valence-corrected chi connectivity index (χ1v) is 4.87. The first-order valence-electron chi connectivity index (χ1n) is 4.49. The van der Waals surface area contributed by atoms with Crippen molar-refractivity contribution in [1.29, 1.82) is 0 Å². The molecular weight excluding hydrogens is 202 g/mol. The summed E-state index contributed by atoms with van der Waals surface area (Å²) in [6.45, 7) is 2.01. The number of hydrogen-bond donors (Lipinski definition) is 3. The largest absolute Gasteiger partial charge is 0.508 e. The number of aromatic hydroxyl groups is 1. The Morgan fingerprint density at radius 1 is 1.50 bits per heavy atom. The molecule has 1 aromatic carbocycles. The fourth-order valence-electron chi connectivity index (χ4n) is 1.29. The van der Waals surface area contributed by atoms with Gasteiger partial charge in [0.1, 0.15) is 5.75 Å². The Labute approximate surface area is 88.1 Å². The first kappa shape index (κ1) is 11.3. The second kappa shape index (κ2) is 4.64. The average molecular weight is 216 g/mol. The van der Waals surface area contributed by atoms with Crippen molar-refractivity contribution in [2.45, 2.75) is 19.4 Å². The van der Waals surface area contributed by atoms with Crippen molar-refractivity contribution >= 4 is 11.6 Å². The maximum atomic E-state index is 9.57. The normalized spacial score (nSPS) is 12.9. The Morgan fingerprint density at radius 2 is 2.14 bits per heavy atom. The summed E-state index contributed by atoms with van der Waals surface area (Å²) in [4.78, 5) is 0. The highest BCUT2D eigenvalue weighted by Gasteiger charge is 2.13. The molecule has 78 valence electrons. The van der Waals surface area contributed by atoms with Gasteiger partial charge in [-0.3, -0.25) is 0 Å². The lowest BCUT2D eigenvalue weighted by atomic mass is 10.0. The van der Waals surface area contributed by atoms with Gasteiger partial charge in [0.2, 0.25) is 0 Å². The Morgan fingerprint density at radius 3 is 2.64 bits per heavy atom. The van der Waals surface area contributed by atoms with Crippen molar-refractivity contribution in [3.8, 4) is 5.75 Å². The van der Waals surface area contributed by atoms with E-state index < -0.39 is 6.10 Å². The zero-order chi connectivity index (χ0) is 10.7. The molecule has 1 aromatic rings. The van der Waals surface area contributed by atoms with Crippen LogP contribution in [0.25, 0.3) is 0 Å². The third kappa shape index (κ3) is 2.18. The van der Waals surface area contributed by atoms with E-state index in [9.17, 15) is 10.2 Å². The smallest absolute Gasteiger partial charge is 0.121 e. The summed E-state index contributed by atoms with van der Waals surface area (Å²) in [7, 11) is 0. The van der Waals surface area contributed by atoms with E-state index in [0.29, 0.717) is 10.6 Å². The molecule has 0 amide bonds. The molecule has 0 fully saturated rings. The van der Waals surface area contributed by atoms with E-state index >= 15 is 0 Å². The van der Waals surface area contributed by atoms with Crippen LogP contribution in [0.2, 0.25) is 5.02 Å². The van der Waals surface area contributed by atoms with Crippen LogP contribution < -0.4 is 5.73 Å². The van der Waals surface area contributed by atoms with E-state index in [2.05, 4.69) is 0 Å². The number of benzene rings is 1. The minimum Gasteiger partial charge on any atom is -0.508 e. The van der Waals surface area contributed by atoms with Crippen LogP contribution in [0.1, 0.15) is 24.2 Å². The van der Waals surface area contributed by atoms with Crippen molar-refractivity contribution in [2.75, 3.05) is 6.54 Å². The molecule has 4 heteroatoms.